The van der Waals surface area contributed by atoms with Gasteiger partial charge in [0, 0.05) is 6.54 Å². The van der Waals surface area contributed by atoms with E-state index in [-0.39, 0.29) is 31.4 Å². The summed E-state index contributed by atoms with van der Waals surface area (Å²) in [4.78, 5) is 24.2. The first-order valence-electron chi connectivity index (χ1n) is 6.19. The number of nitrogens with zero attached hydrogens (tertiary/aromatic N) is 1. The van der Waals surface area contributed by atoms with E-state index in [1.807, 2.05) is 0 Å². The number of carbonyl (C=O) groups is 2. The fraction of sp³-hybridized carbons (Fsp3) is 0.833. The number of aliphatic hydroxyl groups excluding tert-OH is 1. The van der Waals surface area contributed by atoms with Crippen LogP contribution in [-0.4, -0.2) is 60.4 Å². The van der Waals surface area contributed by atoms with Gasteiger partial charge in [-0.2, -0.15) is 0 Å². The molecule has 0 rings (SSSR count). The lowest BCUT2D eigenvalue weighted by molar-refractivity contribution is -0.128. The van der Waals surface area contributed by atoms with Crippen LogP contribution in [0, 0.1) is 5.92 Å². The molecule has 5 nitrogen and oxygen atoms in total. The monoisotopic (exact) mass is 280 g/mol. The van der Waals surface area contributed by atoms with Crippen molar-refractivity contribution in [1.82, 2.24) is 10.2 Å². The summed E-state index contributed by atoms with van der Waals surface area (Å²) in [5, 5.41) is 11.3. The van der Waals surface area contributed by atoms with Crippen molar-refractivity contribution in [2.75, 3.05) is 26.2 Å². The largest absolute Gasteiger partial charge is 0.395 e. The van der Waals surface area contributed by atoms with E-state index in [0.29, 0.717) is 0 Å². The normalized spacial score (nSPS) is 13.1. The van der Waals surface area contributed by atoms with Crippen LogP contribution in [-0.2, 0) is 9.59 Å². The molecule has 112 valence electrons. The van der Waals surface area contributed by atoms with Crippen molar-refractivity contribution < 1.29 is 23.5 Å². The van der Waals surface area contributed by atoms with Gasteiger partial charge in [0.05, 0.1) is 25.7 Å². The summed E-state index contributed by atoms with van der Waals surface area (Å²) < 4.78 is 24.5. The lowest BCUT2D eigenvalue weighted by Gasteiger charge is -2.23. The van der Waals surface area contributed by atoms with Crippen molar-refractivity contribution in [3.05, 3.63) is 0 Å². The highest BCUT2D eigenvalue weighted by Crippen LogP contribution is 2.03. The Labute approximate surface area is 112 Å². The van der Waals surface area contributed by atoms with E-state index in [2.05, 4.69) is 5.32 Å². The van der Waals surface area contributed by atoms with Gasteiger partial charge in [0.15, 0.2) is 5.78 Å². The highest BCUT2D eigenvalue weighted by Gasteiger charge is 2.22. The van der Waals surface area contributed by atoms with Crippen LogP contribution < -0.4 is 5.32 Å². The molecular formula is C12H22F2N2O3. The van der Waals surface area contributed by atoms with Crippen molar-refractivity contribution in [3.63, 3.8) is 0 Å². The molecule has 1 unspecified atom stereocenters. The smallest absolute Gasteiger partial charge is 0.251 e. The number of Topliss-reactive ketones (excluding diaryl/α,β-unsaturated/α-hetero) is 1. The van der Waals surface area contributed by atoms with E-state index < -0.39 is 24.9 Å². The standard InChI is InChI=1S/C12H22F2N2O3/c1-8(2)12(9(3)18)15-11(19)7-16(4-5-17)6-10(13)14/h8,10,12,17H,4-7H2,1-3H3,(H,15,19). The van der Waals surface area contributed by atoms with Gasteiger partial charge in [-0.25, -0.2) is 8.78 Å². The van der Waals surface area contributed by atoms with Crippen molar-refractivity contribution in [2.24, 2.45) is 5.92 Å². The van der Waals surface area contributed by atoms with Crippen LogP contribution in [0.5, 0.6) is 0 Å². The predicted molar refractivity (Wildman–Crippen MR) is 67.0 cm³/mol. The maximum absolute atomic E-state index is 12.3. The molecule has 0 aliphatic heterocycles. The third-order valence-electron chi connectivity index (χ3n) is 2.60. The third-order valence-corrected chi connectivity index (χ3v) is 2.60. The van der Waals surface area contributed by atoms with E-state index >= 15 is 0 Å². The van der Waals surface area contributed by atoms with Crippen LogP contribution in [0.25, 0.3) is 0 Å². The number of hydrogen-bond donors (Lipinski definition) is 2. The molecule has 0 saturated carbocycles. The number of ketones is 1. The average Bonchev–Trinajstić information content (AvgIpc) is 2.24. The molecule has 0 aromatic carbocycles. The highest BCUT2D eigenvalue weighted by atomic mass is 19.3. The van der Waals surface area contributed by atoms with Gasteiger partial charge in [0.25, 0.3) is 6.43 Å². The molecular weight excluding hydrogens is 258 g/mol. The Morgan fingerprint density at radius 1 is 1.32 bits per heavy atom. The molecule has 0 aliphatic carbocycles. The van der Waals surface area contributed by atoms with Crippen LogP contribution in [0.4, 0.5) is 8.78 Å². The molecule has 0 aliphatic rings. The minimum Gasteiger partial charge on any atom is -0.395 e. The summed E-state index contributed by atoms with van der Waals surface area (Å²) in [6, 6.07) is -0.616. The second-order valence-corrected chi connectivity index (χ2v) is 4.75. The molecule has 0 aromatic rings. The van der Waals surface area contributed by atoms with Crippen LogP contribution >= 0.6 is 0 Å². The number of carbonyl (C=O) groups excluding carboxylic acids is 2. The van der Waals surface area contributed by atoms with Crippen LogP contribution in [0.1, 0.15) is 20.8 Å². The fourth-order valence-corrected chi connectivity index (χ4v) is 1.73. The molecule has 0 aromatic heterocycles. The maximum Gasteiger partial charge on any atom is 0.251 e. The Kier molecular flexibility index (Phi) is 8.42. The van der Waals surface area contributed by atoms with Gasteiger partial charge in [-0.05, 0) is 12.8 Å². The van der Waals surface area contributed by atoms with Gasteiger partial charge in [0.2, 0.25) is 5.91 Å². The Morgan fingerprint density at radius 2 is 1.89 bits per heavy atom. The van der Waals surface area contributed by atoms with Gasteiger partial charge in [-0.1, -0.05) is 13.8 Å². The molecule has 0 heterocycles. The molecule has 7 heteroatoms. The van der Waals surface area contributed by atoms with E-state index in [1.54, 1.807) is 13.8 Å². The summed E-state index contributed by atoms with van der Waals surface area (Å²) >= 11 is 0. The zero-order valence-corrected chi connectivity index (χ0v) is 11.5. The van der Waals surface area contributed by atoms with Crippen molar-refractivity contribution in [3.8, 4) is 0 Å². The van der Waals surface area contributed by atoms with E-state index in [0.717, 1.165) is 4.90 Å². The third kappa shape index (κ3) is 7.84. The summed E-state index contributed by atoms with van der Waals surface area (Å²) in [6.45, 7) is 3.79. The second-order valence-electron chi connectivity index (χ2n) is 4.75. The van der Waals surface area contributed by atoms with E-state index in [9.17, 15) is 18.4 Å². The molecule has 0 fully saturated rings. The first-order chi connectivity index (χ1) is 8.77. The Balaban J connectivity index is 4.42. The summed E-state index contributed by atoms with van der Waals surface area (Å²) in [5.41, 5.74) is 0. The molecule has 2 N–H and O–H groups in total. The first kappa shape index (κ1) is 17.9. The SMILES string of the molecule is CC(=O)C(NC(=O)CN(CCO)CC(F)F)C(C)C. The summed E-state index contributed by atoms with van der Waals surface area (Å²) in [5.74, 6) is -0.739. The van der Waals surface area contributed by atoms with E-state index in [4.69, 9.17) is 5.11 Å². The van der Waals surface area contributed by atoms with Crippen LogP contribution in [0.15, 0.2) is 0 Å². The number of halogens is 2. The lowest BCUT2D eigenvalue weighted by Crippen LogP contribution is -2.48. The molecule has 1 atom stereocenters. The summed E-state index contributed by atoms with van der Waals surface area (Å²) in [7, 11) is 0. The van der Waals surface area contributed by atoms with E-state index in [1.165, 1.54) is 6.92 Å². The minimum atomic E-state index is -2.58. The zero-order valence-electron chi connectivity index (χ0n) is 11.5. The number of alkyl halides is 2. The fourth-order valence-electron chi connectivity index (χ4n) is 1.73. The van der Waals surface area contributed by atoms with Gasteiger partial charge >= 0.3 is 0 Å². The van der Waals surface area contributed by atoms with Crippen molar-refractivity contribution in [2.45, 2.75) is 33.2 Å². The average molecular weight is 280 g/mol. The first-order valence-corrected chi connectivity index (χ1v) is 6.19. The Hall–Kier alpha value is -1.08. The van der Waals surface area contributed by atoms with Crippen LogP contribution in [0.2, 0.25) is 0 Å². The number of hydrogen-bond acceptors (Lipinski definition) is 4. The lowest BCUT2D eigenvalue weighted by atomic mass is 10.0. The van der Waals surface area contributed by atoms with Gasteiger partial charge in [0.1, 0.15) is 0 Å². The topological polar surface area (TPSA) is 69.6 Å². The maximum atomic E-state index is 12.3. The summed E-state index contributed by atoms with van der Waals surface area (Å²) in [6.07, 6.45) is -2.58. The number of nitrogens with one attached hydrogen (secondary N) is 1. The minimum absolute atomic E-state index is 0.00975. The van der Waals surface area contributed by atoms with Gasteiger partial charge in [-0.15, -0.1) is 0 Å². The van der Waals surface area contributed by atoms with Gasteiger partial charge in [-0.3, -0.25) is 14.5 Å². The second kappa shape index (κ2) is 8.92. The molecule has 19 heavy (non-hydrogen) atoms. The number of amides is 1. The molecule has 0 spiro atoms. The quantitative estimate of drug-likeness (QED) is 0.636. The highest BCUT2D eigenvalue weighted by molar-refractivity contribution is 5.88. The van der Waals surface area contributed by atoms with Crippen LogP contribution in [0.3, 0.4) is 0 Å². The van der Waals surface area contributed by atoms with Gasteiger partial charge < -0.3 is 10.4 Å². The zero-order chi connectivity index (χ0) is 15.0. The molecule has 1 amide bonds. The molecule has 0 bridgehead atoms. The predicted octanol–water partition coefficient (Wildman–Crippen LogP) is 0.276. The van der Waals surface area contributed by atoms with Crippen molar-refractivity contribution >= 4 is 11.7 Å². The van der Waals surface area contributed by atoms with Crippen molar-refractivity contribution in [1.29, 1.82) is 0 Å². The Bertz CT molecular complexity index is 299. The Morgan fingerprint density at radius 3 is 2.26 bits per heavy atom. The molecule has 0 saturated heterocycles. The molecule has 0 radical (unpaired) electrons. The number of aliphatic hydroxyl groups is 1. The number of rotatable bonds is 9.